The second-order valence-electron chi connectivity index (χ2n) is 6.05. The van der Waals surface area contributed by atoms with E-state index in [2.05, 4.69) is 4.99 Å². The second-order valence-corrected chi connectivity index (χ2v) is 9.41. The van der Waals surface area contributed by atoms with Crippen molar-refractivity contribution in [3.05, 3.63) is 29.3 Å². The first-order valence-electron chi connectivity index (χ1n) is 7.66. The van der Waals surface area contributed by atoms with Crippen LogP contribution < -0.4 is 4.90 Å². The van der Waals surface area contributed by atoms with Gasteiger partial charge < -0.3 is 4.90 Å². The van der Waals surface area contributed by atoms with Gasteiger partial charge in [-0.25, -0.2) is 8.42 Å². The van der Waals surface area contributed by atoms with Gasteiger partial charge in [0.05, 0.1) is 17.5 Å². The Kier molecular flexibility index (Phi) is 4.27. The Bertz CT molecular complexity index is 766. The minimum Gasteiger partial charge on any atom is -0.315 e. The summed E-state index contributed by atoms with van der Waals surface area (Å²) in [5.74, 6) is 0.104. The van der Waals surface area contributed by atoms with Crippen LogP contribution in [-0.4, -0.2) is 42.3 Å². The lowest BCUT2D eigenvalue weighted by Gasteiger charge is -2.27. The van der Waals surface area contributed by atoms with E-state index in [0.717, 1.165) is 16.8 Å². The largest absolute Gasteiger partial charge is 0.315 e. The van der Waals surface area contributed by atoms with E-state index < -0.39 is 9.84 Å². The van der Waals surface area contributed by atoms with E-state index >= 15 is 0 Å². The molecule has 0 aliphatic carbocycles. The predicted octanol–water partition coefficient (Wildman–Crippen LogP) is 2.31. The van der Waals surface area contributed by atoms with E-state index in [9.17, 15) is 13.2 Å². The number of nitrogens with zero attached hydrogens (tertiary/aromatic N) is 2. The van der Waals surface area contributed by atoms with Crippen LogP contribution in [0.3, 0.4) is 0 Å². The molecule has 5 nitrogen and oxygen atoms in total. The van der Waals surface area contributed by atoms with E-state index in [1.165, 1.54) is 11.8 Å². The van der Waals surface area contributed by atoms with Gasteiger partial charge in [-0.1, -0.05) is 36.9 Å². The van der Waals surface area contributed by atoms with Gasteiger partial charge in [0.1, 0.15) is 0 Å². The fourth-order valence-corrected chi connectivity index (χ4v) is 7.11. The summed E-state index contributed by atoms with van der Waals surface area (Å²) in [5.41, 5.74) is 3.10. The Morgan fingerprint density at radius 3 is 2.57 bits per heavy atom. The first kappa shape index (κ1) is 16.5. The first-order chi connectivity index (χ1) is 10.8. The lowest BCUT2D eigenvalue weighted by Crippen LogP contribution is -2.38. The van der Waals surface area contributed by atoms with Crippen LogP contribution in [0.15, 0.2) is 23.2 Å². The third-order valence-electron chi connectivity index (χ3n) is 4.27. The first-order valence-corrected chi connectivity index (χ1v) is 10.4. The molecule has 1 aromatic carbocycles. The molecule has 0 saturated carbocycles. The molecule has 23 heavy (non-hydrogen) atoms. The van der Waals surface area contributed by atoms with Crippen LogP contribution in [0, 0.1) is 13.8 Å². The molecule has 2 aliphatic heterocycles. The number of hydrogen-bond donors (Lipinski definition) is 0. The fourth-order valence-electron chi connectivity index (χ4n) is 3.20. The summed E-state index contributed by atoms with van der Waals surface area (Å²) in [6.45, 7) is 5.78. The molecule has 2 atom stereocenters. The number of anilines is 1. The van der Waals surface area contributed by atoms with Gasteiger partial charge in [-0.05, 0) is 25.0 Å². The van der Waals surface area contributed by atoms with Gasteiger partial charge in [-0.3, -0.25) is 4.79 Å². The molecule has 2 heterocycles. The van der Waals surface area contributed by atoms with Crippen LogP contribution in [0.25, 0.3) is 0 Å². The minimum atomic E-state index is -3.03. The number of para-hydroxylation sites is 1. The van der Waals surface area contributed by atoms with E-state index in [0.29, 0.717) is 11.6 Å². The zero-order chi connectivity index (χ0) is 16.8. The summed E-state index contributed by atoms with van der Waals surface area (Å²) >= 11 is 1.42. The molecule has 2 saturated heterocycles. The topological polar surface area (TPSA) is 66.8 Å². The van der Waals surface area contributed by atoms with Crippen molar-refractivity contribution in [3.63, 3.8) is 0 Å². The van der Waals surface area contributed by atoms with Gasteiger partial charge in [0.2, 0.25) is 5.91 Å². The molecule has 1 aromatic rings. The number of carbonyl (C=O) groups excluding carboxylic acids is 1. The Balaban J connectivity index is 2.11. The molecular weight excluding hydrogens is 332 g/mol. The average Bonchev–Trinajstić information content (AvgIpc) is 2.91. The Morgan fingerprint density at radius 1 is 1.30 bits per heavy atom. The number of hydrogen-bond acceptors (Lipinski definition) is 4. The number of rotatable bonds is 2. The fraction of sp³-hybridized carbons (Fsp3) is 0.500. The van der Waals surface area contributed by atoms with E-state index in [1.54, 1.807) is 6.92 Å². The maximum Gasteiger partial charge on any atom is 0.247 e. The molecule has 0 bridgehead atoms. The van der Waals surface area contributed by atoms with Gasteiger partial charge in [0, 0.05) is 17.4 Å². The van der Waals surface area contributed by atoms with Gasteiger partial charge in [0.25, 0.3) is 0 Å². The van der Waals surface area contributed by atoms with Crippen molar-refractivity contribution in [2.45, 2.75) is 38.5 Å². The molecule has 0 aromatic heterocycles. The van der Waals surface area contributed by atoms with Crippen LogP contribution in [-0.2, 0) is 14.6 Å². The number of amides is 1. The number of sulfone groups is 1. The number of amidine groups is 1. The Labute approximate surface area is 141 Å². The summed E-state index contributed by atoms with van der Waals surface area (Å²) in [7, 11) is -3.03. The molecule has 1 amide bonds. The van der Waals surface area contributed by atoms with Crippen LogP contribution in [0.1, 0.15) is 24.5 Å². The SMILES string of the molecule is CCC(=O)N=C1S[C@H]2CS(=O)(=O)C[C@@H]2N1c1c(C)cccc1C. The van der Waals surface area contributed by atoms with Crippen molar-refractivity contribution in [2.24, 2.45) is 4.99 Å². The highest BCUT2D eigenvalue weighted by molar-refractivity contribution is 8.16. The minimum absolute atomic E-state index is 0.0533. The number of aryl methyl sites for hydroxylation is 2. The monoisotopic (exact) mass is 352 g/mol. The van der Waals surface area contributed by atoms with Crippen molar-refractivity contribution in [2.75, 3.05) is 16.4 Å². The molecule has 0 radical (unpaired) electrons. The van der Waals surface area contributed by atoms with Crippen molar-refractivity contribution >= 4 is 38.4 Å². The van der Waals surface area contributed by atoms with Crippen LogP contribution in [0.4, 0.5) is 5.69 Å². The summed E-state index contributed by atoms with van der Waals surface area (Å²) in [4.78, 5) is 18.0. The maximum absolute atomic E-state index is 12.0. The van der Waals surface area contributed by atoms with Crippen molar-refractivity contribution in [1.29, 1.82) is 0 Å². The zero-order valence-corrected chi connectivity index (χ0v) is 15.1. The molecule has 7 heteroatoms. The highest BCUT2D eigenvalue weighted by Gasteiger charge is 2.49. The van der Waals surface area contributed by atoms with E-state index in [4.69, 9.17) is 0 Å². The van der Waals surface area contributed by atoms with Crippen LogP contribution in [0.2, 0.25) is 0 Å². The highest BCUT2D eigenvalue weighted by atomic mass is 32.2. The molecule has 124 valence electrons. The van der Waals surface area contributed by atoms with E-state index in [1.807, 2.05) is 36.9 Å². The molecular formula is C16H20N2O3S2. The smallest absolute Gasteiger partial charge is 0.247 e. The van der Waals surface area contributed by atoms with Crippen molar-refractivity contribution in [3.8, 4) is 0 Å². The zero-order valence-electron chi connectivity index (χ0n) is 13.4. The Morgan fingerprint density at radius 2 is 1.96 bits per heavy atom. The van der Waals surface area contributed by atoms with Crippen LogP contribution in [0.5, 0.6) is 0 Å². The van der Waals surface area contributed by atoms with Gasteiger partial charge >= 0.3 is 0 Å². The van der Waals surface area contributed by atoms with Gasteiger partial charge in [0.15, 0.2) is 15.0 Å². The quantitative estimate of drug-likeness (QED) is 0.817. The lowest BCUT2D eigenvalue weighted by atomic mass is 10.1. The van der Waals surface area contributed by atoms with Crippen molar-refractivity contribution in [1.82, 2.24) is 0 Å². The number of benzene rings is 1. The molecule has 0 N–H and O–H groups in total. The summed E-state index contributed by atoms with van der Waals surface area (Å²) in [6.07, 6.45) is 0.346. The molecule has 0 unspecified atom stereocenters. The molecule has 0 spiro atoms. The average molecular weight is 352 g/mol. The second kappa shape index (κ2) is 5.94. The number of fused-ring (bicyclic) bond motifs is 1. The van der Waals surface area contributed by atoms with Crippen molar-refractivity contribution < 1.29 is 13.2 Å². The lowest BCUT2D eigenvalue weighted by molar-refractivity contribution is -0.117. The predicted molar refractivity (Wildman–Crippen MR) is 94.9 cm³/mol. The molecule has 3 rings (SSSR count). The highest BCUT2D eigenvalue weighted by Crippen LogP contribution is 2.43. The third kappa shape index (κ3) is 3.04. The standard InChI is InChI=1S/C16H20N2O3S2/c1-4-14(19)17-16-18(15-10(2)6-5-7-11(15)3)12-8-23(20,21)9-13(12)22-16/h5-7,12-13H,4,8-9H2,1-3H3/t12-,13-/m0/s1. The molecule has 2 fully saturated rings. The Hall–Kier alpha value is -1.34. The summed E-state index contributed by atoms with van der Waals surface area (Å²) < 4.78 is 24.1. The van der Waals surface area contributed by atoms with Gasteiger partial charge in [-0.2, -0.15) is 4.99 Å². The summed E-state index contributed by atoms with van der Waals surface area (Å²) in [6, 6.07) is 5.84. The molecule has 2 aliphatic rings. The normalized spacial score (nSPS) is 27.4. The summed E-state index contributed by atoms with van der Waals surface area (Å²) in [5, 5.41) is 0.585. The number of aliphatic imine (C=N–C) groups is 1. The number of thioether (sulfide) groups is 1. The van der Waals surface area contributed by atoms with Gasteiger partial charge in [-0.15, -0.1) is 0 Å². The third-order valence-corrected chi connectivity index (χ3v) is 7.48. The van der Waals surface area contributed by atoms with E-state index in [-0.39, 0.29) is 28.7 Å². The number of carbonyl (C=O) groups is 1. The van der Waals surface area contributed by atoms with Crippen LogP contribution >= 0.6 is 11.8 Å². The maximum atomic E-state index is 12.0.